The van der Waals surface area contributed by atoms with Gasteiger partial charge in [0.2, 0.25) is 0 Å². The monoisotopic (exact) mass is 574 g/mol. The van der Waals surface area contributed by atoms with Crippen LogP contribution in [0.25, 0.3) is 11.0 Å². The summed E-state index contributed by atoms with van der Waals surface area (Å²) in [5, 5.41) is 34.9. The number of hydrogen-bond acceptors (Lipinski definition) is 8. The number of carbonyl (C=O) groups is 2. The molecule has 0 fully saturated rings. The lowest BCUT2D eigenvalue weighted by atomic mass is 9.96. The molecule has 2 amide bonds. The highest BCUT2D eigenvalue weighted by Gasteiger charge is 2.34. The Morgan fingerprint density at radius 2 is 1.90 bits per heavy atom. The Bertz CT molecular complexity index is 1700. The van der Waals surface area contributed by atoms with Gasteiger partial charge in [-0.2, -0.15) is 10.5 Å². The zero-order chi connectivity index (χ0) is 30.8. The molecule has 2 aromatic heterocycles. The molecule has 0 aliphatic carbocycles. The van der Waals surface area contributed by atoms with Crippen molar-refractivity contribution in [1.29, 1.82) is 10.5 Å². The van der Waals surface area contributed by atoms with E-state index in [1.54, 1.807) is 39.8 Å². The maximum Gasteiger partial charge on any atom is 0.267 e. The maximum atomic E-state index is 13.7. The van der Waals surface area contributed by atoms with Crippen LogP contribution in [0.2, 0.25) is 0 Å². The van der Waals surface area contributed by atoms with Crippen molar-refractivity contribution < 1.29 is 23.8 Å². The predicted octanol–water partition coefficient (Wildman–Crippen LogP) is 3.07. The molecule has 3 N–H and O–H groups in total. The number of ether oxygens (including phenoxy) is 1. The van der Waals surface area contributed by atoms with Crippen LogP contribution in [0.4, 0.5) is 4.39 Å². The van der Waals surface area contributed by atoms with E-state index >= 15 is 0 Å². The van der Waals surface area contributed by atoms with E-state index in [-0.39, 0.29) is 49.1 Å². The predicted molar refractivity (Wildman–Crippen MR) is 150 cm³/mol. The lowest BCUT2D eigenvalue weighted by Crippen LogP contribution is -2.49. The Hall–Kier alpha value is -4.97. The van der Waals surface area contributed by atoms with Crippen LogP contribution in [0.5, 0.6) is 11.5 Å². The molecule has 1 atom stereocenters. The summed E-state index contributed by atoms with van der Waals surface area (Å²) >= 11 is 0. The number of nitriles is 2. The fourth-order valence-corrected chi connectivity index (χ4v) is 4.62. The number of nitrogens with one attached hydrogen (secondary N) is 2. The Morgan fingerprint density at radius 1 is 1.21 bits per heavy atom. The van der Waals surface area contributed by atoms with Crippen LogP contribution in [0, 0.1) is 33.9 Å². The number of rotatable bonds is 8. The van der Waals surface area contributed by atoms with E-state index < -0.39 is 51.6 Å². The van der Waals surface area contributed by atoms with Crippen LogP contribution in [0.3, 0.4) is 0 Å². The fraction of sp³-hybridized carbons (Fsp3) is 0.400. The van der Waals surface area contributed by atoms with Crippen LogP contribution in [-0.4, -0.2) is 44.7 Å². The molecule has 1 aromatic carbocycles. The fourth-order valence-electron chi connectivity index (χ4n) is 4.62. The minimum Gasteiger partial charge on any atom is -0.505 e. The number of hydrogen-bond donors (Lipinski definition) is 3. The minimum absolute atomic E-state index is 0.0292. The first-order valence-corrected chi connectivity index (χ1v) is 13.3. The molecule has 0 unspecified atom stereocenters. The molecule has 4 rings (SSSR count). The number of aryl methyl sites for hydroxylation is 1. The zero-order valence-electron chi connectivity index (χ0n) is 23.7. The Kier molecular flexibility index (Phi) is 8.21. The molecule has 11 nitrogen and oxygen atoms in total. The summed E-state index contributed by atoms with van der Waals surface area (Å²) in [6.07, 6.45) is 0.607. The van der Waals surface area contributed by atoms with Gasteiger partial charge in [0, 0.05) is 43.2 Å². The van der Waals surface area contributed by atoms with Crippen LogP contribution in [0.1, 0.15) is 62.0 Å². The largest absolute Gasteiger partial charge is 0.505 e. The Morgan fingerprint density at radius 3 is 2.55 bits per heavy atom. The highest BCUT2D eigenvalue weighted by atomic mass is 19.1. The molecule has 1 aliphatic heterocycles. The standard InChI is InChI=1S/C30H31FN6O5/c1-29(2,15-33)16-35-27(40)21-24(38)22-23-25(18(14-34-22)13-17-5-7-19(31)8-6-17)42-20(9-12-37(23)28(21)41)26(39)36-30(3,4)10-11-32/h5-8,14,20,38H,9-10,12-13,16H2,1-4H3,(H,35,40)(H,36,39)/t20-/m0/s1. The van der Waals surface area contributed by atoms with Gasteiger partial charge >= 0.3 is 0 Å². The van der Waals surface area contributed by atoms with E-state index in [1.165, 1.54) is 22.9 Å². The summed E-state index contributed by atoms with van der Waals surface area (Å²) in [7, 11) is 0. The van der Waals surface area contributed by atoms with Crippen LogP contribution < -0.4 is 20.9 Å². The number of pyridine rings is 2. The normalized spacial score (nSPS) is 14.7. The summed E-state index contributed by atoms with van der Waals surface area (Å²) in [5.74, 6) is -2.33. The van der Waals surface area contributed by atoms with Crippen molar-refractivity contribution in [2.45, 2.75) is 65.1 Å². The van der Waals surface area contributed by atoms with E-state index in [0.717, 1.165) is 0 Å². The van der Waals surface area contributed by atoms with Crippen LogP contribution >= 0.6 is 0 Å². The van der Waals surface area contributed by atoms with E-state index in [2.05, 4.69) is 21.7 Å². The number of benzene rings is 1. The summed E-state index contributed by atoms with van der Waals surface area (Å²) < 4.78 is 21.0. The summed E-state index contributed by atoms with van der Waals surface area (Å²) in [6, 6.07) is 9.86. The number of halogens is 1. The molecule has 3 aromatic rings. The SMILES string of the molecule is CC(C)(C#N)CNC(=O)c1c(O)c2ncc(Cc3ccc(F)cc3)c3c2n(c1=O)CC[C@@H](C(=O)NC(C)(C)CC#N)O3. The van der Waals surface area contributed by atoms with Crippen molar-refractivity contribution in [2.24, 2.45) is 5.41 Å². The third-order valence-electron chi connectivity index (χ3n) is 6.95. The average Bonchev–Trinajstić information content (AvgIpc) is 3.14. The molecule has 42 heavy (non-hydrogen) atoms. The van der Waals surface area contributed by atoms with Crippen molar-refractivity contribution in [3.63, 3.8) is 0 Å². The van der Waals surface area contributed by atoms with Gasteiger partial charge in [0.05, 0.1) is 24.0 Å². The molecule has 0 saturated carbocycles. The van der Waals surface area contributed by atoms with E-state index in [0.29, 0.717) is 11.1 Å². The molecule has 0 radical (unpaired) electrons. The first-order valence-electron chi connectivity index (χ1n) is 13.3. The second-order valence-corrected chi connectivity index (χ2v) is 11.6. The molecular weight excluding hydrogens is 543 g/mol. The molecule has 218 valence electrons. The van der Waals surface area contributed by atoms with Gasteiger partial charge in [-0.25, -0.2) is 4.39 Å². The van der Waals surface area contributed by atoms with Crippen LogP contribution in [-0.2, 0) is 17.8 Å². The first kappa shape index (κ1) is 30.0. The van der Waals surface area contributed by atoms with Crippen LogP contribution in [0.15, 0.2) is 35.3 Å². The van der Waals surface area contributed by atoms with E-state index in [4.69, 9.17) is 10.00 Å². The Balaban J connectivity index is 1.85. The van der Waals surface area contributed by atoms with Gasteiger partial charge in [0.1, 0.15) is 22.4 Å². The first-order chi connectivity index (χ1) is 19.8. The second kappa shape index (κ2) is 11.5. The smallest absolute Gasteiger partial charge is 0.267 e. The van der Waals surface area contributed by atoms with Crippen molar-refractivity contribution in [3.05, 3.63) is 63.3 Å². The number of aromatic hydroxyl groups is 1. The highest BCUT2D eigenvalue weighted by Crippen LogP contribution is 2.37. The van der Waals surface area contributed by atoms with Gasteiger partial charge in [-0.3, -0.25) is 19.4 Å². The number of nitrogens with zero attached hydrogens (tertiary/aromatic N) is 4. The third-order valence-corrected chi connectivity index (χ3v) is 6.95. The Labute approximate surface area is 241 Å². The van der Waals surface area contributed by atoms with E-state index in [1.807, 2.05) is 6.07 Å². The third kappa shape index (κ3) is 6.18. The number of amides is 2. The molecule has 0 spiro atoms. The topological polar surface area (TPSA) is 170 Å². The van der Waals surface area contributed by atoms with Gasteiger partial charge in [-0.15, -0.1) is 0 Å². The van der Waals surface area contributed by atoms with Gasteiger partial charge in [0.15, 0.2) is 17.6 Å². The van der Waals surface area contributed by atoms with Crippen molar-refractivity contribution in [3.8, 4) is 23.6 Å². The molecule has 1 aliphatic rings. The summed E-state index contributed by atoms with van der Waals surface area (Å²) in [4.78, 5) is 44.5. The minimum atomic E-state index is -1.09. The quantitative estimate of drug-likeness (QED) is 0.369. The van der Waals surface area contributed by atoms with E-state index in [9.17, 15) is 29.1 Å². The lowest BCUT2D eigenvalue weighted by Gasteiger charge is -2.26. The lowest BCUT2D eigenvalue weighted by molar-refractivity contribution is -0.129. The number of aromatic nitrogens is 2. The van der Waals surface area contributed by atoms with Gasteiger partial charge in [-0.1, -0.05) is 12.1 Å². The van der Waals surface area contributed by atoms with Gasteiger partial charge < -0.3 is 25.0 Å². The van der Waals surface area contributed by atoms with Crippen molar-refractivity contribution in [1.82, 2.24) is 20.2 Å². The molecule has 12 heteroatoms. The molecule has 0 bridgehead atoms. The molecular formula is C30H31FN6O5. The van der Waals surface area contributed by atoms with Crippen molar-refractivity contribution in [2.75, 3.05) is 6.54 Å². The van der Waals surface area contributed by atoms with Gasteiger partial charge in [-0.05, 0) is 45.4 Å². The molecule has 3 heterocycles. The highest BCUT2D eigenvalue weighted by molar-refractivity contribution is 6.02. The van der Waals surface area contributed by atoms with Gasteiger partial charge in [0.25, 0.3) is 17.4 Å². The van der Waals surface area contributed by atoms with Crippen molar-refractivity contribution >= 4 is 22.8 Å². The zero-order valence-corrected chi connectivity index (χ0v) is 23.7. The summed E-state index contributed by atoms with van der Waals surface area (Å²) in [5.41, 5.74) is -1.93. The molecule has 0 saturated heterocycles. The average molecular weight is 575 g/mol. The second-order valence-electron chi connectivity index (χ2n) is 11.6. The summed E-state index contributed by atoms with van der Waals surface area (Å²) in [6.45, 7) is 6.51. The number of carbonyl (C=O) groups excluding carboxylic acids is 2. The maximum absolute atomic E-state index is 13.7.